The van der Waals surface area contributed by atoms with Gasteiger partial charge in [-0.2, -0.15) is 4.80 Å². The highest BCUT2D eigenvalue weighted by molar-refractivity contribution is 6.02. The first-order valence-electron chi connectivity index (χ1n) is 12.1. The van der Waals surface area contributed by atoms with E-state index in [1.165, 1.54) is 16.8 Å². The van der Waals surface area contributed by atoms with Crippen LogP contribution in [0.2, 0.25) is 0 Å². The molecule has 1 atom stereocenters. The molecule has 0 radical (unpaired) electrons. The second-order valence-corrected chi connectivity index (χ2v) is 9.92. The Morgan fingerprint density at radius 2 is 1.84 bits per heavy atom. The van der Waals surface area contributed by atoms with E-state index < -0.39 is 17.5 Å². The summed E-state index contributed by atoms with van der Waals surface area (Å²) in [5.41, 5.74) is 1.36. The molecule has 1 aromatic carbocycles. The lowest BCUT2D eigenvalue weighted by Gasteiger charge is -2.34. The minimum absolute atomic E-state index is 0.252. The quantitative estimate of drug-likeness (QED) is 0.375. The Labute approximate surface area is 220 Å². The van der Waals surface area contributed by atoms with Gasteiger partial charge < -0.3 is 14.5 Å². The number of nitrogens with one attached hydrogen (secondary N) is 1. The van der Waals surface area contributed by atoms with Crippen LogP contribution in [0.4, 0.5) is 5.69 Å². The lowest BCUT2D eigenvalue weighted by atomic mass is 10.0. The number of rotatable bonds is 8. The molecule has 11 nitrogen and oxygen atoms in total. The Hall–Kier alpha value is -4.54. The average Bonchev–Trinajstić information content (AvgIpc) is 3.50. The number of furan rings is 1. The van der Waals surface area contributed by atoms with Crippen molar-refractivity contribution in [3.05, 3.63) is 71.7 Å². The van der Waals surface area contributed by atoms with E-state index in [4.69, 9.17) is 9.15 Å². The minimum Gasteiger partial charge on any atom is -0.495 e. The smallest absolute Gasteiger partial charge is 0.251 e. The van der Waals surface area contributed by atoms with Crippen molar-refractivity contribution in [2.75, 3.05) is 12.0 Å². The first-order chi connectivity index (χ1) is 18.1. The van der Waals surface area contributed by atoms with Crippen molar-refractivity contribution in [2.24, 2.45) is 0 Å². The van der Waals surface area contributed by atoms with Crippen LogP contribution in [-0.4, -0.2) is 49.7 Å². The number of methoxy groups -OCH3 is 1. The second-order valence-electron chi connectivity index (χ2n) is 9.92. The largest absolute Gasteiger partial charge is 0.495 e. The molecule has 38 heavy (non-hydrogen) atoms. The summed E-state index contributed by atoms with van der Waals surface area (Å²) >= 11 is 0. The molecule has 198 valence electrons. The van der Waals surface area contributed by atoms with Crippen LogP contribution < -0.4 is 15.0 Å². The number of aromatic nitrogens is 5. The Morgan fingerprint density at radius 3 is 2.47 bits per heavy atom. The van der Waals surface area contributed by atoms with E-state index >= 15 is 0 Å². The van der Waals surface area contributed by atoms with E-state index in [1.807, 2.05) is 40.7 Å². The van der Waals surface area contributed by atoms with Crippen molar-refractivity contribution < 1.29 is 18.7 Å². The monoisotopic (exact) mass is 517 g/mol. The second kappa shape index (κ2) is 10.8. The number of pyridine rings is 1. The topological polar surface area (TPSA) is 128 Å². The SMILES string of the molecule is COc1ccc(C)cc1N(C(=O)Cn1nnc(-c2ccc(C)o2)n1)C(C(=O)NC(C)(C)C)c1ccncc1. The number of aryl methyl sites for hydroxylation is 2. The zero-order valence-electron chi connectivity index (χ0n) is 22.3. The van der Waals surface area contributed by atoms with E-state index in [9.17, 15) is 9.59 Å². The molecule has 4 aromatic rings. The number of tetrazole rings is 1. The molecule has 0 bridgehead atoms. The Bertz CT molecular complexity index is 1420. The summed E-state index contributed by atoms with van der Waals surface area (Å²) in [4.78, 5) is 34.5. The highest BCUT2D eigenvalue weighted by Crippen LogP contribution is 2.36. The maximum absolute atomic E-state index is 14.0. The maximum Gasteiger partial charge on any atom is 0.251 e. The molecule has 1 unspecified atom stereocenters. The third-order valence-corrected chi connectivity index (χ3v) is 5.58. The number of amides is 2. The number of carbonyl (C=O) groups excluding carboxylic acids is 2. The highest BCUT2D eigenvalue weighted by atomic mass is 16.5. The van der Waals surface area contributed by atoms with Crippen LogP contribution in [0.3, 0.4) is 0 Å². The Kier molecular flexibility index (Phi) is 7.56. The molecule has 3 aromatic heterocycles. The summed E-state index contributed by atoms with van der Waals surface area (Å²) in [6.07, 6.45) is 3.17. The number of anilines is 1. The summed E-state index contributed by atoms with van der Waals surface area (Å²) in [5.74, 6) is 1.03. The molecule has 0 spiro atoms. The van der Waals surface area contributed by atoms with Gasteiger partial charge in [-0.05, 0) is 87.4 Å². The van der Waals surface area contributed by atoms with E-state index in [0.717, 1.165) is 5.56 Å². The van der Waals surface area contributed by atoms with E-state index in [2.05, 4.69) is 25.7 Å². The first kappa shape index (κ1) is 26.5. The average molecular weight is 518 g/mol. The Balaban J connectivity index is 1.80. The molecule has 4 rings (SSSR count). The lowest BCUT2D eigenvalue weighted by molar-refractivity contribution is -0.128. The van der Waals surface area contributed by atoms with Crippen molar-refractivity contribution >= 4 is 17.5 Å². The summed E-state index contributed by atoms with van der Waals surface area (Å²) in [6.45, 7) is 9.07. The van der Waals surface area contributed by atoms with Gasteiger partial charge in [-0.3, -0.25) is 19.5 Å². The normalized spacial score (nSPS) is 12.2. The standard InChI is InChI=1S/C27H31N7O4/c1-17-7-9-21(37-6)20(15-17)34(24(19-11-13-28-14-12-19)26(36)29-27(3,4)5)23(35)16-33-31-25(30-32-33)22-10-8-18(2)38-22/h7-15,24H,16H2,1-6H3,(H,29,36). The van der Waals surface area contributed by atoms with E-state index in [0.29, 0.717) is 28.5 Å². The van der Waals surface area contributed by atoms with Crippen LogP contribution in [0, 0.1) is 13.8 Å². The lowest BCUT2D eigenvalue weighted by Crippen LogP contribution is -2.50. The van der Waals surface area contributed by atoms with Crippen molar-refractivity contribution in [1.29, 1.82) is 0 Å². The summed E-state index contributed by atoms with van der Waals surface area (Å²) in [6, 6.07) is 11.4. The molecule has 11 heteroatoms. The Morgan fingerprint density at radius 1 is 1.11 bits per heavy atom. The van der Waals surface area contributed by atoms with Gasteiger partial charge in [-0.25, -0.2) is 0 Å². The molecular formula is C27H31N7O4. The zero-order chi connectivity index (χ0) is 27.4. The molecule has 0 saturated heterocycles. The number of benzene rings is 1. The zero-order valence-corrected chi connectivity index (χ0v) is 22.3. The number of hydrogen-bond acceptors (Lipinski definition) is 8. The fourth-order valence-electron chi connectivity index (χ4n) is 3.97. The van der Waals surface area contributed by atoms with Crippen molar-refractivity contribution in [2.45, 2.75) is 52.7 Å². The molecular weight excluding hydrogens is 486 g/mol. The number of nitrogens with zero attached hydrogens (tertiary/aromatic N) is 6. The molecule has 1 N–H and O–H groups in total. The van der Waals surface area contributed by atoms with Gasteiger partial charge in [0.05, 0.1) is 12.8 Å². The van der Waals surface area contributed by atoms with Gasteiger partial charge in [0.15, 0.2) is 5.76 Å². The number of hydrogen-bond donors (Lipinski definition) is 1. The summed E-state index contributed by atoms with van der Waals surface area (Å²) < 4.78 is 11.2. The third-order valence-electron chi connectivity index (χ3n) is 5.58. The molecule has 0 aliphatic rings. The molecule has 0 aliphatic carbocycles. The third kappa shape index (κ3) is 6.05. The van der Waals surface area contributed by atoms with E-state index in [1.54, 1.807) is 48.8 Å². The molecule has 2 amide bonds. The highest BCUT2D eigenvalue weighted by Gasteiger charge is 2.36. The van der Waals surface area contributed by atoms with Crippen LogP contribution in [0.25, 0.3) is 11.6 Å². The van der Waals surface area contributed by atoms with Crippen molar-refractivity contribution in [3.8, 4) is 17.3 Å². The number of carbonyl (C=O) groups is 2. The molecule has 0 saturated carbocycles. The maximum atomic E-state index is 14.0. The summed E-state index contributed by atoms with van der Waals surface area (Å²) in [7, 11) is 1.52. The van der Waals surface area contributed by atoms with Gasteiger partial charge >= 0.3 is 0 Å². The van der Waals surface area contributed by atoms with Gasteiger partial charge in [-0.15, -0.1) is 10.2 Å². The van der Waals surface area contributed by atoms with E-state index in [-0.39, 0.29) is 18.3 Å². The van der Waals surface area contributed by atoms with Crippen molar-refractivity contribution in [1.82, 2.24) is 30.5 Å². The van der Waals surface area contributed by atoms with Crippen LogP contribution in [0.1, 0.15) is 43.7 Å². The van der Waals surface area contributed by atoms with Gasteiger partial charge in [0.1, 0.15) is 24.1 Å². The molecule has 0 fully saturated rings. The fraction of sp³-hybridized carbons (Fsp3) is 0.333. The molecule has 3 heterocycles. The van der Waals surface area contributed by atoms with Crippen LogP contribution in [0.15, 0.2) is 59.3 Å². The van der Waals surface area contributed by atoms with Gasteiger partial charge in [0, 0.05) is 17.9 Å². The van der Waals surface area contributed by atoms with Gasteiger partial charge in [0.25, 0.3) is 5.91 Å². The van der Waals surface area contributed by atoms with Crippen LogP contribution >= 0.6 is 0 Å². The van der Waals surface area contributed by atoms with Crippen LogP contribution in [-0.2, 0) is 16.1 Å². The van der Waals surface area contributed by atoms with Crippen molar-refractivity contribution in [3.63, 3.8) is 0 Å². The van der Waals surface area contributed by atoms with Gasteiger partial charge in [0.2, 0.25) is 11.7 Å². The number of ether oxygens (including phenoxy) is 1. The van der Waals surface area contributed by atoms with Crippen LogP contribution in [0.5, 0.6) is 5.75 Å². The minimum atomic E-state index is -1.03. The molecule has 0 aliphatic heterocycles. The van der Waals surface area contributed by atoms with Gasteiger partial charge in [-0.1, -0.05) is 6.07 Å². The summed E-state index contributed by atoms with van der Waals surface area (Å²) in [5, 5.41) is 15.4. The fourth-order valence-corrected chi connectivity index (χ4v) is 3.97. The predicted molar refractivity (Wildman–Crippen MR) is 140 cm³/mol. The predicted octanol–water partition coefficient (Wildman–Crippen LogP) is 3.64. The first-order valence-corrected chi connectivity index (χ1v) is 12.1.